The molecule has 0 aromatic heterocycles. The molecule has 4 heteroatoms. The van der Waals surface area contributed by atoms with Gasteiger partial charge in [-0.15, -0.1) is 0 Å². The molecule has 0 radical (unpaired) electrons. The zero-order chi connectivity index (χ0) is 11.1. The van der Waals surface area contributed by atoms with E-state index in [1.165, 1.54) is 0 Å². The third-order valence-corrected chi connectivity index (χ3v) is 1.99. The first-order valence-electron chi connectivity index (χ1n) is 4.99. The maximum absolute atomic E-state index is 9.45. The Morgan fingerprint density at radius 2 is 2.13 bits per heavy atom. The third-order valence-electron chi connectivity index (χ3n) is 1.99. The van der Waals surface area contributed by atoms with Gasteiger partial charge in [0.2, 0.25) is 0 Å². The van der Waals surface area contributed by atoms with Crippen LogP contribution in [0.2, 0.25) is 0 Å². The Labute approximate surface area is 89.8 Å². The minimum absolute atomic E-state index is 0.303. The second kappa shape index (κ2) is 6.27. The van der Waals surface area contributed by atoms with E-state index in [4.69, 9.17) is 9.47 Å². The molecule has 0 aliphatic heterocycles. The number of ether oxygens (including phenoxy) is 2. The molecule has 4 nitrogen and oxygen atoms in total. The van der Waals surface area contributed by atoms with Crippen LogP contribution in [0.1, 0.15) is 0 Å². The van der Waals surface area contributed by atoms with Gasteiger partial charge in [0.1, 0.15) is 30.8 Å². The number of benzene rings is 1. The molecule has 1 aromatic carbocycles. The van der Waals surface area contributed by atoms with Crippen LogP contribution in [0.4, 0.5) is 0 Å². The van der Waals surface area contributed by atoms with Gasteiger partial charge < -0.3 is 19.9 Å². The van der Waals surface area contributed by atoms with Gasteiger partial charge in [-0.2, -0.15) is 0 Å². The van der Waals surface area contributed by atoms with Crippen molar-refractivity contribution in [1.82, 2.24) is 0 Å². The van der Waals surface area contributed by atoms with Crippen LogP contribution in [-0.4, -0.2) is 38.5 Å². The highest BCUT2D eigenvalue weighted by Crippen LogP contribution is 2.18. The number of quaternary nitrogens is 1. The summed E-state index contributed by atoms with van der Waals surface area (Å²) in [6.07, 6.45) is -0.443. The molecule has 0 bridgehead atoms. The molecule has 0 spiro atoms. The normalized spacial score (nSPS) is 12.2. The number of likely N-dealkylation sites (N-methyl/N-ethyl adjacent to an activating group) is 1. The van der Waals surface area contributed by atoms with Crippen LogP contribution in [0.5, 0.6) is 11.5 Å². The van der Waals surface area contributed by atoms with Crippen LogP contribution < -0.4 is 14.8 Å². The summed E-state index contributed by atoms with van der Waals surface area (Å²) in [5.74, 6) is 1.47. The molecule has 1 atom stereocenters. The van der Waals surface area contributed by atoms with Crippen LogP contribution in [0.3, 0.4) is 0 Å². The largest absolute Gasteiger partial charge is 0.497 e. The van der Waals surface area contributed by atoms with E-state index in [1.807, 2.05) is 30.6 Å². The fraction of sp³-hybridized carbons (Fsp3) is 0.455. The molecule has 3 N–H and O–H groups in total. The van der Waals surface area contributed by atoms with Crippen molar-refractivity contribution in [3.63, 3.8) is 0 Å². The van der Waals surface area contributed by atoms with Crippen LogP contribution in [0, 0.1) is 0 Å². The standard InChI is InChI=1S/C11H17NO3/c1-12-7-9(13)8-15-11-5-3-4-10(6-11)14-2/h3-6,9,12-13H,7-8H2,1-2H3/p+1/t9-/m0/s1. The topological polar surface area (TPSA) is 55.3 Å². The highest BCUT2D eigenvalue weighted by molar-refractivity contribution is 5.32. The van der Waals surface area contributed by atoms with Crippen LogP contribution in [-0.2, 0) is 0 Å². The summed E-state index contributed by atoms with van der Waals surface area (Å²) in [5.41, 5.74) is 0. The number of nitrogens with two attached hydrogens (primary N) is 1. The summed E-state index contributed by atoms with van der Waals surface area (Å²) in [7, 11) is 3.52. The van der Waals surface area contributed by atoms with E-state index >= 15 is 0 Å². The van der Waals surface area contributed by atoms with E-state index < -0.39 is 6.10 Å². The van der Waals surface area contributed by atoms with Gasteiger partial charge in [0.05, 0.1) is 14.2 Å². The Kier molecular flexibility index (Phi) is 4.93. The number of hydrogen-bond donors (Lipinski definition) is 2. The predicted octanol–water partition coefficient (Wildman–Crippen LogP) is -0.372. The molecular formula is C11H18NO3+. The van der Waals surface area contributed by atoms with Crippen molar-refractivity contribution in [3.8, 4) is 11.5 Å². The van der Waals surface area contributed by atoms with Crippen molar-refractivity contribution in [2.45, 2.75) is 6.10 Å². The van der Waals surface area contributed by atoms with Gasteiger partial charge in [0.25, 0.3) is 0 Å². The summed E-state index contributed by atoms with van der Waals surface area (Å²) < 4.78 is 10.5. The highest BCUT2D eigenvalue weighted by atomic mass is 16.5. The van der Waals surface area contributed by atoms with Crippen molar-refractivity contribution < 1.29 is 19.9 Å². The smallest absolute Gasteiger partial charge is 0.137 e. The summed E-state index contributed by atoms with van der Waals surface area (Å²) in [5, 5.41) is 11.4. The van der Waals surface area contributed by atoms with Crippen LogP contribution >= 0.6 is 0 Å². The van der Waals surface area contributed by atoms with Gasteiger partial charge in [0, 0.05) is 6.07 Å². The van der Waals surface area contributed by atoms with Crippen molar-refractivity contribution in [2.75, 3.05) is 27.3 Å². The van der Waals surface area contributed by atoms with Crippen LogP contribution in [0.15, 0.2) is 24.3 Å². The van der Waals surface area contributed by atoms with Crippen LogP contribution in [0.25, 0.3) is 0 Å². The van der Waals surface area contributed by atoms with E-state index in [9.17, 15) is 5.11 Å². The summed E-state index contributed by atoms with van der Waals surface area (Å²) in [4.78, 5) is 0. The van der Waals surface area contributed by atoms with Gasteiger partial charge in [-0.25, -0.2) is 0 Å². The monoisotopic (exact) mass is 212 g/mol. The molecule has 0 unspecified atom stereocenters. The first kappa shape index (κ1) is 11.8. The zero-order valence-corrected chi connectivity index (χ0v) is 9.14. The lowest BCUT2D eigenvalue weighted by molar-refractivity contribution is -0.633. The SMILES string of the molecule is C[NH2+]C[C@H](O)COc1cccc(OC)c1. The molecule has 84 valence electrons. The minimum Gasteiger partial charge on any atom is -0.497 e. The van der Waals surface area contributed by atoms with E-state index in [0.717, 1.165) is 5.75 Å². The molecular weight excluding hydrogens is 194 g/mol. The first-order chi connectivity index (χ1) is 7.26. The van der Waals surface area contributed by atoms with Crippen molar-refractivity contribution in [2.24, 2.45) is 0 Å². The molecule has 15 heavy (non-hydrogen) atoms. The first-order valence-corrected chi connectivity index (χ1v) is 4.99. The van der Waals surface area contributed by atoms with Crippen molar-refractivity contribution in [3.05, 3.63) is 24.3 Å². The van der Waals surface area contributed by atoms with Gasteiger partial charge in [0.15, 0.2) is 0 Å². The van der Waals surface area contributed by atoms with E-state index in [2.05, 4.69) is 0 Å². The average molecular weight is 212 g/mol. The molecule has 1 rings (SSSR count). The fourth-order valence-electron chi connectivity index (χ4n) is 1.22. The van der Waals surface area contributed by atoms with Gasteiger partial charge in [-0.05, 0) is 12.1 Å². The number of rotatable bonds is 6. The Morgan fingerprint density at radius 1 is 1.40 bits per heavy atom. The number of hydrogen-bond acceptors (Lipinski definition) is 3. The maximum atomic E-state index is 9.45. The zero-order valence-electron chi connectivity index (χ0n) is 9.14. The van der Waals surface area contributed by atoms with Crippen molar-refractivity contribution in [1.29, 1.82) is 0 Å². The number of aliphatic hydroxyl groups excluding tert-OH is 1. The highest BCUT2D eigenvalue weighted by Gasteiger charge is 2.05. The fourth-order valence-corrected chi connectivity index (χ4v) is 1.22. The average Bonchev–Trinajstić information content (AvgIpc) is 2.27. The lowest BCUT2D eigenvalue weighted by atomic mass is 10.3. The quantitative estimate of drug-likeness (QED) is 0.676. The number of methoxy groups -OCH3 is 1. The lowest BCUT2D eigenvalue weighted by Gasteiger charge is -2.10. The second-order valence-electron chi connectivity index (χ2n) is 3.29. The number of aliphatic hydroxyl groups is 1. The lowest BCUT2D eigenvalue weighted by Crippen LogP contribution is -2.82. The van der Waals surface area contributed by atoms with E-state index in [-0.39, 0.29) is 0 Å². The molecule has 0 fully saturated rings. The Morgan fingerprint density at radius 3 is 2.80 bits per heavy atom. The Balaban J connectivity index is 2.43. The van der Waals surface area contributed by atoms with Gasteiger partial charge in [-0.3, -0.25) is 0 Å². The maximum Gasteiger partial charge on any atom is 0.137 e. The van der Waals surface area contributed by atoms with Gasteiger partial charge in [-0.1, -0.05) is 6.07 Å². The molecule has 1 aromatic rings. The van der Waals surface area contributed by atoms with E-state index in [0.29, 0.717) is 18.9 Å². The van der Waals surface area contributed by atoms with E-state index in [1.54, 1.807) is 13.2 Å². The molecule has 0 saturated carbocycles. The van der Waals surface area contributed by atoms with Gasteiger partial charge >= 0.3 is 0 Å². The minimum atomic E-state index is -0.443. The Hall–Kier alpha value is -1.26. The Bertz CT molecular complexity index is 291. The predicted molar refractivity (Wildman–Crippen MR) is 57.2 cm³/mol. The molecule has 0 saturated heterocycles. The third kappa shape index (κ3) is 4.18. The molecule has 0 amide bonds. The second-order valence-corrected chi connectivity index (χ2v) is 3.29. The summed E-state index contributed by atoms with van der Waals surface area (Å²) >= 11 is 0. The molecule has 0 aliphatic carbocycles. The molecule has 0 heterocycles. The summed E-state index contributed by atoms with van der Waals surface area (Å²) in [6, 6.07) is 7.34. The molecule has 0 aliphatic rings. The van der Waals surface area contributed by atoms with Crippen molar-refractivity contribution >= 4 is 0 Å². The summed E-state index contributed by atoms with van der Waals surface area (Å²) in [6.45, 7) is 0.946.